The Hall–Kier alpha value is -1.29. The summed E-state index contributed by atoms with van der Waals surface area (Å²) in [7, 11) is 1.74. The number of nitrogens with zero attached hydrogens (tertiary/aromatic N) is 2. The molecule has 4 nitrogen and oxygen atoms in total. The third kappa shape index (κ3) is 2.86. The monoisotopic (exact) mass is 290 g/mol. The maximum absolute atomic E-state index is 12.7. The van der Waals surface area contributed by atoms with E-state index in [0.29, 0.717) is 6.04 Å². The van der Waals surface area contributed by atoms with Crippen molar-refractivity contribution >= 4 is 5.91 Å². The number of amides is 1. The molecular formula is C17H26N2O2. The quantitative estimate of drug-likeness (QED) is 0.835. The second-order valence-electron chi connectivity index (χ2n) is 6.95. The molecule has 21 heavy (non-hydrogen) atoms. The maximum Gasteiger partial charge on any atom is 0.270 e. The van der Waals surface area contributed by atoms with Gasteiger partial charge in [0.15, 0.2) is 0 Å². The minimum absolute atomic E-state index is 0.196. The molecule has 116 valence electrons. The summed E-state index contributed by atoms with van der Waals surface area (Å²) in [5, 5.41) is 0. The number of methoxy groups -OCH3 is 1. The first-order chi connectivity index (χ1) is 10.1. The van der Waals surface area contributed by atoms with Crippen molar-refractivity contribution in [2.24, 2.45) is 5.41 Å². The molecule has 0 atom stereocenters. The van der Waals surface area contributed by atoms with Crippen LogP contribution in [0.2, 0.25) is 0 Å². The van der Waals surface area contributed by atoms with Gasteiger partial charge in [-0.2, -0.15) is 0 Å². The Kier molecular flexibility index (Phi) is 4.07. The van der Waals surface area contributed by atoms with Crippen molar-refractivity contribution < 1.29 is 9.53 Å². The van der Waals surface area contributed by atoms with Crippen LogP contribution in [0.5, 0.6) is 0 Å². The number of carbonyl (C=O) groups is 1. The molecule has 2 aliphatic rings. The van der Waals surface area contributed by atoms with Crippen LogP contribution in [-0.4, -0.2) is 42.2 Å². The number of rotatable bonds is 5. The van der Waals surface area contributed by atoms with Gasteiger partial charge in [0, 0.05) is 44.5 Å². The lowest BCUT2D eigenvalue weighted by atomic mass is 9.79. The van der Waals surface area contributed by atoms with E-state index in [-0.39, 0.29) is 11.3 Å². The summed E-state index contributed by atoms with van der Waals surface area (Å²) >= 11 is 0. The fourth-order valence-corrected chi connectivity index (χ4v) is 3.76. The summed E-state index contributed by atoms with van der Waals surface area (Å²) in [6, 6.07) is 4.51. The number of ether oxygens (including phenoxy) is 1. The fraction of sp³-hybridized carbons (Fsp3) is 0.706. The molecule has 0 N–H and O–H groups in total. The van der Waals surface area contributed by atoms with E-state index in [9.17, 15) is 4.79 Å². The molecule has 2 heterocycles. The molecule has 0 radical (unpaired) electrons. The standard InChI is InChI=1S/C17H26N2O2/c1-17(9-11-21-2)12-18(13-17)16(20)15-8-5-10-19(15)14-6-3-4-7-14/h5,8,10,14H,3-4,6-7,9,11-13H2,1-2H3. The molecular weight excluding hydrogens is 264 g/mol. The van der Waals surface area contributed by atoms with Gasteiger partial charge in [0.05, 0.1) is 0 Å². The zero-order valence-electron chi connectivity index (χ0n) is 13.2. The highest BCUT2D eigenvalue weighted by molar-refractivity contribution is 5.93. The molecule has 0 aromatic carbocycles. The summed E-state index contributed by atoms with van der Waals surface area (Å²) in [6.45, 7) is 4.72. The summed E-state index contributed by atoms with van der Waals surface area (Å²) < 4.78 is 7.37. The van der Waals surface area contributed by atoms with Gasteiger partial charge in [0.1, 0.15) is 5.69 Å². The van der Waals surface area contributed by atoms with Crippen LogP contribution >= 0.6 is 0 Å². The predicted octanol–water partition coefficient (Wildman–Crippen LogP) is 3.10. The highest BCUT2D eigenvalue weighted by Crippen LogP contribution is 2.36. The summed E-state index contributed by atoms with van der Waals surface area (Å²) in [5.41, 5.74) is 1.10. The Morgan fingerprint density at radius 2 is 2.10 bits per heavy atom. The summed E-state index contributed by atoms with van der Waals surface area (Å²) in [4.78, 5) is 14.7. The number of hydrogen-bond donors (Lipinski definition) is 0. The van der Waals surface area contributed by atoms with Crippen LogP contribution in [0.4, 0.5) is 0 Å². The molecule has 1 aliphatic carbocycles. The van der Waals surface area contributed by atoms with E-state index < -0.39 is 0 Å². The zero-order chi connectivity index (χ0) is 14.9. The normalized spacial score (nSPS) is 21.5. The maximum atomic E-state index is 12.7. The zero-order valence-corrected chi connectivity index (χ0v) is 13.2. The van der Waals surface area contributed by atoms with E-state index in [4.69, 9.17) is 4.74 Å². The van der Waals surface area contributed by atoms with Gasteiger partial charge in [0.25, 0.3) is 5.91 Å². The highest BCUT2D eigenvalue weighted by atomic mass is 16.5. The van der Waals surface area contributed by atoms with Crippen LogP contribution in [0.25, 0.3) is 0 Å². The lowest BCUT2D eigenvalue weighted by Crippen LogP contribution is -2.57. The minimum atomic E-state index is 0.196. The van der Waals surface area contributed by atoms with Gasteiger partial charge in [-0.1, -0.05) is 19.8 Å². The number of hydrogen-bond acceptors (Lipinski definition) is 2. The summed E-state index contributed by atoms with van der Waals surface area (Å²) in [5.74, 6) is 0.196. The first kappa shape index (κ1) is 14.6. The molecule has 3 rings (SSSR count). The van der Waals surface area contributed by atoms with Crippen molar-refractivity contribution in [2.45, 2.75) is 45.1 Å². The molecule has 4 heteroatoms. The highest BCUT2D eigenvalue weighted by Gasteiger charge is 2.41. The van der Waals surface area contributed by atoms with Gasteiger partial charge >= 0.3 is 0 Å². The van der Waals surface area contributed by atoms with Crippen LogP contribution in [0.15, 0.2) is 18.3 Å². The van der Waals surface area contributed by atoms with Crippen LogP contribution < -0.4 is 0 Å². The molecule has 0 bridgehead atoms. The molecule has 2 fully saturated rings. The SMILES string of the molecule is COCCC1(C)CN(C(=O)c2cccn2C2CCCC2)C1. The van der Waals surface area contributed by atoms with Crippen molar-refractivity contribution in [1.82, 2.24) is 9.47 Å². The molecule has 1 aromatic rings. The van der Waals surface area contributed by atoms with Crippen LogP contribution in [0.3, 0.4) is 0 Å². The number of carbonyl (C=O) groups excluding carboxylic acids is 1. The van der Waals surface area contributed by atoms with Gasteiger partial charge in [-0.3, -0.25) is 4.79 Å². The van der Waals surface area contributed by atoms with E-state index >= 15 is 0 Å². The van der Waals surface area contributed by atoms with E-state index in [2.05, 4.69) is 17.7 Å². The van der Waals surface area contributed by atoms with Crippen LogP contribution in [0.1, 0.15) is 55.6 Å². The Bertz CT molecular complexity index is 497. The molecule has 1 saturated heterocycles. The molecule has 0 spiro atoms. The topological polar surface area (TPSA) is 34.5 Å². The second kappa shape index (κ2) is 5.84. The third-order valence-corrected chi connectivity index (χ3v) is 5.06. The Balaban J connectivity index is 1.63. The van der Waals surface area contributed by atoms with Gasteiger partial charge < -0.3 is 14.2 Å². The van der Waals surface area contributed by atoms with Crippen molar-refractivity contribution in [3.63, 3.8) is 0 Å². The number of likely N-dealkylation sites (tertiary alicyclic amines) is 1. The molecule has 1 aliphatic heterocycles. The van der Waals surface area contributed by atoms with Gasteiger partial charge in [-0.25, -0.2) is 0 Å². The molecule has 1 amide bonds. The average Bonchev–Trinajstić information content (AvgIpc) is 3.10. The Labute approximate surface area is 127 Å². The third-order valence-electron chi connectivity index (χ3n) is 5.06. The first-order valence-corrected chi connectivity index (χ1v) is 8.08. The lowest BCUT2D eigenvalue weighted by Gasteiger charge is -2.48. The molecule has 0 unspecified atom stereocenters. The van der Waals surface area contributed by atoms with Gasteiger partial charge in [-0.15, -0.1) is 0 Å². The van der Waals surface area contributed by atoms with Gasteiger partial charge in [-0.05, 0) is 31.4 Å². The van der Waals surface area contributed by atoms with Crippen LogP contribution in [-0.2, 0) is 4.74 Å². The molecule has 1 aromatic heterocycles. The first-order valence-electron chi connectivity index (χ1n) is 8.08. The average molecular weight is 290 g/mol. The molecule has 1 saturated carbocycles. The summed E-state index contributed by atoms with van der Waals surface area (Å²) in [6.07, 6.45) is 8.09. The smallest absolute Gasteiger partial charge is 0.270 e. The van der Waals surface area contributed by atoms with Crippen molar-refractivity contribution in [1.29, 1.82) is 0 Å². The van der Waals surface area contributed by atoms with Crippen LogP contribution in [0, 0.1) is 5.41 Å². The van der Waals surface area contributed by atoms with E-state index in [1.54, 1.807) is 7.11 Å². The number of aromatic nitrogens is 1. The minimum Gasteiger partial charge on any atom is -0.385 e. The van der Waals surface area contributed by atoms with E-state index in [0.717, 1.165) is 31.8 Å². The Morgan fingerprint density at radius 3 is 2.76 bits per heavy atom. The van der Waals surface area contributed by atoms with Crippen molar-refractivity contribution in [3.05, 3.63) is 24.0 Å². The van der Waals surface area contributed by atoms with E-state index in [1.807, 2.05) is 17.0 Å². The van der Waals surface area contributed by atoms with Gasteiger partial charge in [0.2, 0.25) is 0 Å². The predicted molar refractivity (Wildman–Crippen MR) is 82.4 cm³/mol. The largest absolute Gasteiger partial charge is 0.385 e. The van der Waals surface area contributed by atoms with Crippen molar-refractivity contribution in [3.8, 4) is 0 Å². The Morgan fingerprint density at radius 1 is 1.38 bits per heavy atom. The van der Waals surface area contributed by atoms with Crippen molar-refractivity contribution in [2.75, 3.05) is 26.8 Å². The van der Waals surface area contributed by atoms with E-state index in [1.165, 1.54) is 25.7 Å². The fourth-order valence-electron chi connectivity index (χ4n) is 3.76. The lowest BCUT2D eigenvalue weighted by molar-refractivity contribution is -0.00174. The second-order valence-corrected chi connectivity index (χ2v) is 6.95.